The number of allylic oxidation sites excluding steroid dienone is 4. The summed E-state index contributed by atoms with van der Waals surface area (Å²) < 4.78 is 31.5. The Morgan fingerprint density at radius 2 is 0.992 bits per heavy atom. The number of thioether (sulfide) groups is 1. The van der Waals surface area contributed by atoms with Crippen LogP contribution in [0.1, 0.15) is 279 Å². The van der Waals surface area contributed by atoms with Crippen LogP contribution in [0.2, 0.25) is 5.28 Å². The van der Waals surface area contributed by atoms with Gasteiger partial charge in [-0.1, -0.05) is 65.8 Å². The van der Waals surface area contributed by atoms with Gasteiger partial charge >= 0.3 is 30.0 Å². The molecule has 2 aromatic carbocycles. The zero-order chi connectivity index (χ0) is 93.2. The Labute approximate surface area is 756 Å². The highest BCUT2D eigenvalue weighted by molar-refractivity contribution is 7.98. The van der Waals surface area contributed by atoms with Crippen LogP contribution in [0.15, 0.2) is 120 Å². The maximum atomic E-state index is 12.1. The molecule has 0 bridgehead atoms. The number of hydrogen-bond donors (Lipinski definition) is 9. The van der Waals surface area contributed by atoms with Crippen LogP contribution in [0.5, 0.6) is 0 Å². The molecule has 0 spiro atoms. The molecular weight excluding hydrogens is 1680 g/mol. The number of nitrogens with two attached hydrogens (primary N) is 2. The first-order valence-corrected chi connectivity index (χ1v) is 44.4. The molecule has 14 atom stereocenters. The summed E-state index contributed by atoms with van der Waals surface area (Å²) in [5.74, 6) is 3.41. The summed E-state index contributed by atoms with van der Waals surface area (Å²) in [4.78, 5) is 125. The number of carbonyl (C=O) groups excluding carboxylic acids is 9. The normalized spacial score (nSPS) is 24.0. The van der Waals surface area contributed by atoms with Crippen molar-refractivity contribution in [1.29, 1.82) is 0 Å². The SMILES string of the molecule is C1=CCCC1.CC(C)(C)OC(=O)C[C@H]1CC[C@H](N)[C@H]1O.CC(C)(C)OC(=O)C[C@H]1CC[C@H](N=[N+]=[N-])[C@H]1O.CC(C)(C)OC(=O)C[C@H]1CC[C@H]2O[C@@H]12.CC(C)(C)OC(=O)NC1C=CCC1.CSc1cnc(C[C@H]2CC[C@H](CC(=O)OC(C)(C)C)[C@@H]2O)nc1.Cc1cnc(Cl)nc1.Cl.NNO.O=C1NC(=O)c2ccccc21.O=C1c2ccccc2C(=O)N1C1C=CCC1. The predicted molar refractivity (Wildman–Crippen MR) is 481 cm³/mol. The van der Waals surface area contributed by atoms with Crippen LogP contribution in [0.25, 0.3) is 10.4 Å². The van der Waals surface area contributed by atoms with E-state index in [4.69, 9.17) is 56.5 Å². The number of nitrogens with one attached hydrogen (secondary N) is 3. The second-order valence-corrected chi connectivity index (χ2v) is 38.0. The maximum Gasteiger partial charge on any atom is 0.408 e. The largest absolute Gasteiger partial charge is 0.460 e. The molecule has 126 heavy (non-hydrogen) atoms. The number of alkyl carbamates (subject to hydrolysis) is 1. The van der Waals surface area contributed by atoms with Gasteiger partial charge in [-0.05, 0) is 290 Å². The number of halogens is 2. The number of amides is 5. The number of aliphatic hydroxyl groups is 3. The van der Waals surface area contributed by atoms with E-state index in [2.05, 4.69) is 64.7 Å². The first kappa shape index (κ1) is 109. The van der Waals surface area contributed by atoms with E-state index < -0.39 is 46.8 Å². The zero-order valence-corrected chi connectivity index (χ0v) is 78.3. The fourth-order valence-corrected chi connectivity index (χ4v) is 15.2. The molecule has 5 heterocycles. The Morgan fingerprint density at radius 3 is 1.37 bits per heavy atom. The predicted octanol–water partition coefficient (Wildman–Crippen LogP) is 15.0. The van der Waals surface area contributed by atoms with Gasteiger partial charge in [0.25, 0.3) is 23.6 Å². The molecule has 10 aliphatic rings. The van der Waals surface area contributed by atoms with Crippen molar-refractivity contribution >= 4 is 89.4 Å². The van der Waals surface area contributed by atoms with Crippen molar-refractivity contribution in [3.8, 4) is 0 Å². The van der Waals surface area contributed by atoms with Crippen LogP contribution in [0, 0.1) is 36.5 Å². The second-order valence-electron chi connectivity index (χ2n) is 36.8. The van der Waals surface area contributed by atoms with Crippen molar-refractivity contribution in [3.05, 3.63) is 159 Å². The highest BCUT2D eigenvalue weighted by Crippen LogP contribution is 2.45. The molecule has 4 saturated carbocycles. The minimum absolute atomic E-state index is 0. The van der Waals surface area contributed by atoms with Crippen molar-refractivity contribution in [2.75, 3.05) is 6.26 Å². The van der Waals surface area contributed by atoms with E-state index in [1.807, 2.05) is 127 Å². The summed E-state index contributed by atoms with van der Waals surface area (Å²) in [5.41, 5.74) is 16.1. The van der Waals surface area contributed by atoms with Gasteiger partial charge in [-0.15, -0.1) is 29.8 Å². The van der Waals surface area contributed by atoms with E-state index in [1.165, 1.54) is 29.8 Å². The molecule has 7 aliphatic carbocycles. The number of hydrazine groups is 1. The summed E-state index contributed by atoms with van der Waals surface area (Å²) in [5, 5.41) is 45.9. The fraction of sp³-hybridized carbons (Fsp3) is 0.615. The number of aromatic nitrogens is 4. The number of azide groups is 1. The number of rotatable bonds is 14. The van der Waals surface area contributed by atoms with Gasteiger partial charge in [0.2, 0.25) is 5.28 Å². The second kappa shape index (κ2) is 52.6. The molecule has 5 fully saturated rings. The lowest BCUT2D eigenvalue weighted by Crippen LogP contribution is -2.37. The molecule has 2 aromatic heterocycles. The van der Waals surface area contributed by atoms with Gasteiger partial charge in [0.1, 0.15) is 33.8 Å². The third kappa shape index (κ3) is 40.7. The molecule has 11 N–H and O–H groups in total. The van der Waals surface area contributed by atoms with Crippen molar-refractivity contribution in [2.45, 2.75) is 327 Å². The number of aliphatic hydroxyl groups excluding tert-OH is 3. The van der Waals surface area contributed by atoms with Crippen LogP contribution < -0.4 is 27.8 Å². The third-order valence-electron chi connectivity index (χ3n) is 20.4. The highest BCUT2D eigenvalue weighted by Gasteiger charge is 2.51. The molecule has 1 saturated heterocycles. The van der Waals surface area contributed by atoms with Crippen LogP contribution >= 0.6 is 35.8 Å². The molecule has 698 valence electrons. The van der Waals surface area contributed by atoms with Gasteiger partial charge in [-0.25, -0.2) is 30.6 Å². The number of hydrogen-bond acceptors (Lipinski definition) is 28. The van der Waals surface area contributed by atoms with E-state index >= 15 is 0 Å². The van der Waals surface area contributed by atoms with Crippen LogP contribution in [0.3, 0.4) is 0 Å². The average Bonchev–Trinajstić information content (AvgIpc) is 1.62. The number of fused-ring (bicyclic) bond motifs is 3. The van der Waals surface area contributed by atoms with Gasteiger partial charge in [0.05, 0.1) is 96.6 Å². The van der Waals surface area contributed by atoms with Gasteiger partial charge < -0.3 is 60.0 Å². The molecule has 32 nitrogen and oxygen atoms in total. The summed E-state index contributed by atoms with van der Waals surface area (Å²) in [6.45, 7) is 29.7. The number of nitrogens with zero attached hydrogens (tertiary/aromatic N) is 8. The smallest absolute Gasteiger partial charge is 0.408 e. The van der Waals surface area contributed by atoms with E-state index in [0.29, 0.717) is 71.3 Å². The lowest BCUT2D eigenvalue weighted by molar-refractivity contribution is -0.158. The number of imide groups is 2. The number of esters is 4. The summed E-state index contributed by atoms with van der Waals surface area (Å²) in [6.07, 6.45) is 36.8. The van der Waals surface area contributed by atoms with E-state index in [-0.39, 0.29) is 133 Å². The lowest BCUT2D eigenvalue weighted by atomic mass is 9.95. The molecule has 4 aromatic rings. The van der Waals surface area contributed by atoms with Crippen molar-refractivity contribution < 1.29 is 92.1 Å². The van der Waals surface area contributed by atoms with E-state index in [0.717, 1.165) is 80.5 Å². The van der Waals surface area contributed by atoms with Crippen LogP contribution in [0.4, 0.5) is 4.79 Å². The van der Waals surface area contributed by atoms with Gasteiger partial charge in [0.15, 0.2) is 0 Å². The minimum Gasteiger partial charge on any atom is -0.460 e. The van der Waals surface area contributed by atoms with Crippen molar-refractivity contribution in [3.63, 3.8) is 0 Å². The van der Waals surface area contributed by atoms with Gasteiger partial charge in [-0.2, -0.15) is 0 Å². The van der Waals surface area contributed by atoms with Gasteiger partial charge in [0, 0.05) is 47.1 Å². The molecule has 2 unspecified atom stereocenters. The highest BCUT2D eigenvalue weighted by atomic mass is 35.5. The molecule has 14 rings (SSSR count). The van der Waals surface area contributed by atoms with E-state index in [9.17, 15) is 58.5 Å². The van der Waals surface area contributed by atoms with E-state index in [1.54, 1.807) is 93.5 Å². The van der Waals surface area contributed by atoms with Gasteiger partial charge in [-0.3, -0.25) is 48.6 Å². The summed E-state index contributed by atoms with van der Waals surface area (Å²) >= 11 is 7.00. The first-order valence-electron chi connectivity index (χ1n) is 42.8. The van der Waals surface area contributed by atoms with Crippen LogP contribution in [-0.2, 0) is 54.0 Å². The quantitative estimate of drug-likeness (QED) is 0.00460. The first-order chi connectivity index (χ1) is 58.6. The third-order valence-corrected chi connectivity index (χ3v) is 21.3. The maximum absolute atomic E-state index is 12.1. The molecule has 5 amide bonds. The molecular formula is C91H135Cl2N13O19S. The topological polar surface area (TPSA) is 485 Å². The number of ether oxygens (including phenoxy) is 6. The molecule has 3 aliphatic heterocycles. The number of epoxide rings is 1. The Kier molecular flexibility index (Phi) is 45.7. The number of aryl methyl sites for hydroxylation is 1. The Bertz CT molecular complexity index is 4200. The Balaban J connectivity index is 0.000000301. The minimum atomic E-state index is -0.738. The number of benzene rings is 2. The summed E-state index contributed by atoms with van der Waals surface area (Å²) in [6, 6.07) is 13.3. The lowest BCUT2D eigenvalue weighted by Gasteiger charge is -2.23. The number of carbonyl (C=O) groups is 9. The van der Waals surface area contributed by atoms with Crippen molar-refractivity contribution in [1.82, 2.24) is 41.1 Å². The Morgan fingerprint density at radius 1 is 0.571 bits per heavy atom. The standard InChI is InChI=1S/C17H26N2O3S.C13H11NO2.C11H19N3O3.C11H21NO3.C11H18O3.C10H17NO2.C8H5NO2.C5H5ClN2.C5H8.ClH.H4N2O/c1-17(2,3)22-15(20)8-12-6-5-11(16(12)21)7-14-18-9-13(23-4)10-19-14;15-12-10-7-3-4-8-11(10)13(16)14(12)9-5-1-2-6-9;1-11(2,3)17-9(15)6-7-4-5-8(10(7)16)13-14-12;1-11(2,3)15-9(13)6-7-4-5-8(12)10(7)14;1-11(2,3)14-9(12)6-7-4-5-8-10(7)13-8;1-10(2,3)13-9(12)11-8-6-4-5-7-8;10-7-5-3-1-2-4-6(5)8(11)9-7;1-4-2-7-5(6)8-3-4;1-2-4-5-3-1;;1-2-3/h9-12,16,21H,5-8H2,1-4H3;1,3-5,7-9H,2,6H2;7-8,10,16H,4-6H2,1-3H3;7-8,10,14H,4-6,12H2,1-3H3;7-8,10H,4-6H2,1-3H3;4,6,8H,5,7H2,1-3H3,(H,11,12);1-4H,(H,9,10,11);2-3H,1H3;1-2H,3-5H2;1H;2-3H,1H2/t11-,12-,16-;;2*7-,8+,10+;7-,8-,10+;;;;;;/m1.111....../s1. The van der Waals surface area contributed by atoms with Crippen molar-refractivity contribution in [2.24, 2.45) is 46.3 Å². The molecule has 0 radical (unpaired) electrons. The zero-order valence-electron chi connectivity index (χ0n) is 76.0. The fourth-order valence-electron chi connectivity index (χ4n) is 14.8. The monoisotopic (exact) mass is 1820 g/mol. The average molecular weight is 1820 g/mol. The summed E-state index contributed by atoms with van der Waals surface area (Å²) in [7, 11) is 0. The Hall–Kier alpha value is -8.83. The van der Waals surface area contributed by atoms with Crippen LogP contribution in [-0.4, -0.2) is 188 Å². The molecule has 35 heteroatoms.